The number of carbonyl (C=O) groups excluding carboxylic acids is 1. The van der Waals surface area contributed by atoms with E-state index in [9.17, 15) is 4.79 Å². The van der Waals surface area contributed by atoms with Crippen LogP contribution in [0.15, 0.2) is 37.4 Å². The number of hydrogen-bond donors (Lipinski definition) is 1. The Hall–Kier alpha value is -1.30. The van der Waals surface area contributed by atoms with E-state index < -0.39 is 0 Å². The molecule has 0 heterocycles. The predicted octanol–water partition coefficient (Wildman–Crippen LogP) is 5.45. The minimum absolute atomic E-state index is 0.0218. The molecule has 0 atom stereocenters. The summed E-state index contributed by atoms with van der Waals surface area (Å²) < 4.78 is 5.81. The molecule has 1 amide bonds. The van der Waals surface area contributed by atoms with Crippen molar-refractivity contribution in [2.24, 2.45) is 0 Å². The van der Waals surface area contributed by atoms with Crippen LogP contribution in [-0.2, 0) is 11.2 Å². The number of aliphatic hydroxyl groups is 1. The Kier molecular flexibility index (Phi) is 16.0. The Morgan fingerprint density at radius 1 is 1.10 bits per heavy atom. The number of hydrogen-bond acceptors (Lipinski definition) is 4. The quantitative estimate of drug-likeness (QED) is 0.590. The van der Waals surface area contributed by atoms with Crippen molar-refractivity contribution < 1.29 is 14.6 Å². The van der Waals surface area contributed by atoms with Gasteiger partial charge in [0.05, 0.1) is 12.2 Å². The maximum Gasteiger partial charge on any atom is 0.254 e. The summed E-state index contributed by atoms with van der Waals surface area (Å²) in [7, 11) is 0. The number of amides is 1. The van der Waals surface area contributed by atoms with Crippen LogP contribution in [0.3, 0.4) is 0 Å². The van der Waals surface area contributed by atoms with Gasteiger partial charge in [-0.1, -0.05) is 18.2 Å². The SMILES string of the molecule is C=C.CC(C)(C)OCCN(C(=O)c1ccccc1CCCO)C(C)(C)C.CSC. The summed E-state index contributed by atoms with van der Waals surface area (Å²) in [6.07, 6.45) is 5.45. The Bertz CT molecular complexity index is 562. The summed E-state index contributed by atoms with van der Waals surface area (Å²) in [5.41, 5.74) is 1.20. The lowest BCUT2D eigenvalue weighted by atomic mass is 9.99. The van der Waals surface area contributed by atoms with Crippen LogP contribution < -0.4 is 0 Å². The summed E-state index contributed by atoms with van der Waals surface area (Å²) in [6.45, 7) is 19.3. The molecular formula is C24H43NO3S. The van der Waals surface area contributed by atoms with Crippen molar-refractivity contribution >= 4 is 17.7 Å². The molecule has 5 heteroatoms. The van der Waals surface area contributed by atoms with Crippen LogP contribution in [0, 0.1) is 0 Å². The first-order chi connectivity index (χ1) is 13.5. The largest absolute Gasteiger partial charge is 0.396 e. The Morgan fingerprint density at radius 3 is 2.07 bits per heavy atom. The number of ether oxygens (including phenoxy) is 1. The van der Waals surface area contributed by atoms with Gasteiger partial charge in [0.25, 0.3) is 5.91 Å². The summed E-state index contributed by atoms with van der Waals surface area (Å²) in [5, 5.41) is 9.08. The molecule has 0 aromatic heterocycles. The fourth-order valence-electron chi connectivity index (χ4n) is 2.55. The van der Waals surface area contributed by atoms with Crippen LogP contribution >= 0.6 is 11.8 Å². The van der Waals surface area contributed by atoms with Gasteiger partial charge >= 0.3 is 0 Å². The van der Waals surface area contributed by atoms with Gasteiger partial charge in [0.2, 0.25) is 0 Å². The molecule has 1 aromatic rings. The van der Waals surface area contributed by atoms with Crippen molar-refractivity contribution in [2.75, 3.05) is 32.3 Å². The zero-order valence-corrected chi connectivity index (χ0v) is 20.7. The molecule has 1 N–H and O–H groups in total. The van der Waals surface area contributed by atoms with Crippen molar-refractivity contribution in [1.29, 1.82) is 0 Å². The van der Waals surface area contributed by atoms with Gasteiger partial charge < -0.3 is 14.7 Å². The van der Waals surface area contributed by atoms with Crippen molar-refractivity contribution in [3.8, 4) is 0 Å². The van der Waals surface area contributed by atoms with E-state index in [2.05, 4.69) is 13.2 Å². The van der Waals surface area contributed by atoms with Crippen LogP contribution in [-0.4, -0.2) is 59.3 Å². The zero-order chi connectivity index (χ0) is 23.1. The molecule has 0 aliphatic rings. The topological polar surface area (TPSA) is 49.8 Å². The van der Waals surface area contributed by atoms with E-state index in [4.69, 9.17) is 9.84 Å². The van der Waals surface area contributed by atoms with Crippen LogP contribution in [0.2, 0.25) is 0 Å². The number of aliphatic hydroxyl groups excluding tert-OH is 1. The first-order valence-corrected chi connectivity index (χ1v) is 11.7. The van der Waals surface area contributed by atoms with Gasteiger partial charge in [0.15, 0.2) is 0 Å². The standard InChI is InChI=1S/C20H33NO3.C2H6S.C2H4/c1-19(2,3)21(13-15-24-20(4,5)6)18(23)17-12-8-7-10-16(17)11-9-14-22;1-3-2;1-2/h7-8,10,12,22H,9,11,13-15H2,1-6H3;1-2H3;1-2H2. The zero-order valence-electron chi connectivity index (χ0n) is 19.9. The molecule has 0 saturated heterocycles. The number of rotatable bonds is 7. The molecule has 4 nitrogen and oxygen atoms in total. The normalized spacial score (nSPS) is 10.9. The molecule has 0 saturated carbocycles. The average molecular weight is 426 g/mol. The third-order valence-electron chi connectivity index (χ3n) is 3.76. The fraction of sp³-hybridized carbons (Fsp3) is 0.625. The van der Waals surface area contributed by atoms with Gasteiger partial charge in [-0.3, -0.25) is 4.79 Å². The molecule has 0 unspecified atom stereocenters. The van der Waals surface area contributed by atoms with E-state index in [0.29, 0.717) is 26.0 Å². The van der Waals surface area contributed by atoms with E-state index in [1.807, 2.05) is 83.2 Å². The summed E-state index contributed by atoms with van der Waals surface area (Å²) in [4.78, 5) is 15.0. The molecule has 0 aliphatic carbocycles. The monoisotopic (exact) mass is 425 g/mol. The highest BCUT2D eigenvalue weighted by Crippen LogP contribution is 2.21. The number of nitrogens with zero attached hydrogens (tertiary/aromatic N) is 1. The molecule has 1 aromatic carbocycles. The molecule has 0 spiro atoms. The Labute approximate surface area is 183 Å². The lowest BCUT2D eigenvalue weighted by Crippen LogP contribution is -2.48. The fourth-order valence-corrected chi connectivity index (χ4v) is 2.55. The van der Waals surface area contributed by atoms with Gasteiger partial charge in [-0.2, -0.15) is 11.8 Å². The molecular weight excluding hydrogens is 382 g/mol. The molecule has 0 radical (unpaired) electrons. The number of benzene rings is 1. The van der Waals surface area contributed by atoms with Crippen molar-refractivity contribution in [1.82, 2.24) is 4.90 Å². The highest BCUT2D eigenvalue weighted by atomic mass is 32.2. The molecule has 168 valence electrons. The van der Waals surface area contributed by atoms with Gasteiger partial charge in [-0.25, -0.2) is 0 Å². The van der Waals surface area contributed by atoms with E-state index >= 15 is 0 Å². The van der Waals surface area contributed by atoms with Crippen LogP contribution in [0.25, 0.3) is 0 Å². The Balaban J connectivity index is 0. The second-order valence-electron chi connectivity index (χ2n) is 8.48. The number of aryl methyl sites for hydroxylation is 1. The highest BCUT2D eigenvalue weighted by molar-refractivity contribution is 7.97. The van der Waals surface area contributed by atoms with Gasteiger partial charge in [-0.15, -0.1) is 13.2 Å². The lowest BCUT2D eigenvalue weighted by molar-refractivity contribution is -0.0202. The molecule has 0 bridgehead atoms. The third kappa shape index (κ3) is 13.5. The van der Waals surface area contributed by atoms with Crippen molar-refractivity contribution in [3.63, 3.8) is 0 Å². The van der Waals surface area contributed by atoms with Crippen molar-refractivity contribution in [3.05, 3.63) is 48.6 Å². The molecule has 1 rings (SSSR count). The summed E-state index contributed by atoms with van der Waals surface area (Å²) in [5.74, 6) is 0.0218. The highest BCUT2D eigenvalue weighted by Gasteiger charge is 2.28. The maximum atomic E-state index is 13.1. The molecule has 29 heavy (non-hydrogen) atoms. The van der Waals surface area contributed by atoms with E-state index in [0.717, 1.165) is 11.1 Å². The molecule has 0 fully saturated rings. The van der Waals surface area contributed by atoms with Gasteiger partial charge in [0, 0.05) is 24.3 Å². The summed E-state index contributed by atoms with van der Waals surface area (Å²) >= 11 is 1.75. The average Bonchev–Trinajstić information content (AvgIpc) is 2.64. The second kappa shape index (κ2) is 15.5. The van der Waals surface area contributed by atoms with E-state index in [1.54, 1.807) is 11.8 Å². The number of carbonyl (C=O) groups is 1. The minimum atomic E-state index is -0.289. The smallest absolute Gasteiger partial charge is 0.254 e. The van der Waals surface area contributed by atoms with Crippen LogP contribution in [0.1, 0.15) is 63.9 Å². The van der Waals surface area contributed by atoms with Gasteiger partial charge in [-0.05, 0) is 78.5 Å². The lowest BCUT2D eigenvalue weighted by Gasteiger charge is -2.37. The first-order valence-electron chi connectivity index (χ1n) is 10.0. The van der Waals surface area contributed by atoms with E-state index in [-0.39, 0.29) is 23.7 Å². The first kappa shape index (κ1) is 29.9. The molecule has 0 aliphatic heterocycles. The van der Waals surface area contributed by atoms with Gasteiger partial charge in [0.1, 0.15) is 0 Å². The second-order valence-corrected chi connectivity index (χ2v) is 9.30. The van der Waals surface area contributed by atoms with Crippen molar-refractivity contribution in [2.45, 2.75) is 65.5 Å². The number of thioether (sulfide) groups is 1. The summed E-state index contributed by atoms with van der Waals surface area (Å²) in [6, 6.07) is 7.67. The van der Waals surface area contributed by atoms with E-state index in [1.165, 1.54) is 0 Å². The predicted molar refractivity (Wildman–Crippen MR) is 129 cm³/mol. The van der Waals surface area contributed by atoms with Crippen LogP contribution in [0.5, 0.6) is 0 Å². The third-order valence-corrected chi connectivity index (χ3v) is 3.76. The maximum absolute atomic E-state index is 13.1. The Morgan fingerprint density at radius 2 is 1.62 bits per heavy atom. The minimum Gasteiger partial charge on any atom is -0.396 e. The van der Waals surface area contributed by atoms with Crippen LogP contribution in [0.4, 0.5) is 0 Å².